The van der Waals surface area contributed by atoms with Crippen LogP contribution in [0.2, 0.25) is 0 Å². The minimum Gasteiger partial charge on any atom is -0.347 e. The van der Waals surface area contributed by atoms with Crippen molar-refractivity contribution in [3.63, 3.8) is 0 Å². The molecular formula is C22H35N3. The zero-order chi connectivity index (χ0) is 18.8. The number of nitrogens with zero attached hydrogens (tertiary/aromatic N) is 3. The lowest BCUT2D eigenvalue weighted by Crippen LogP contribution is -2.26. The van der Waals surface area contributed by atoms with Gasteiger partial charge in [-0.2, -0.15) is 0 Å². The Kier molecular flexibility index (Phi) is 9.22. The topological polar surface area (TPSA) is 20.5 Å². The molecule has 1 aliphatic heterocycles. The summed E-state index contributed by atoms with van der Waals surface area (Å²) >= 11 is 0. The van der Waals surface area contributed by atoms with E-state index in [0.717, 1.165) is 19.5 Å². The highest BCUT2D eigenvalue weighted by atomic mass is 15.1. The summed E-state index contributed by atoms with van der Waals surface area (Å²) in [4.78, 5) is 5.89. The van der Waals surface area contributed by atoms with Gasteiger partial charge in [0.1, 0.15) is 0 Å². The van der Waals surface area contributed by atoms with E-state index in [0.29, 0.717) is 0 Å². The summed E-state index contributed by atoms with van der Waals surface area (Å²) < 4.78 is 2.37. The molecule has 1 aromatic heterocycles. The molecule has 2 aromatic rings. The fourth-order valence-electron chi connectivity index (χ4n) is 3.06. The first kappa shape index (κ1) is 21.2. The molecule has 1 aliphatic rings. The molecule has 138 valence electrons. The Balaban J connectivity index is 0.000000293. The number of rotatable bonds is 2. The highest BCUT2D eigenvalue weighted by Crippen LogP contribution is 2.30. The van der Waals surface area contributed by atoms with E-state index >= 15 is 0 Å². The molecule has 3 rings (SSSR count). The van der Waals surface area contributed by atoms with E-state index in [4.69, 9.17) is 0 Å². The van der Waals surface area contributed by atoms with Crippen LogP contribution in [0.3, 0.4) is 0 Å². The maximum atomic E-state index is 3.49. The SMILES string of the molecule is C/C=C\CC.C=NCC.Cc1ccc2c(c1)c1c(n2C)CCN(C)C1. The van der Waals surface area contributed by atoms with Gasteiger partial charge in [-0.3, -0.25) is 0 Å². The van der Waals surface area contributed by atoms with E-state index in [2.05, 4.69) is 79.5 Å². The van der Waals surface area contributed by atoms with Crippen molar-refractivity contribution in [1.82, 2.24) is 9.47 Å². The van der Waals surface area contributed by atoms with E-state index in [1.807, 2.05) is 13.8 Å². The fourth-order valence-corrected chi connectivity index (χ4v) is 3.06. The van der Waals surface area contributed by atoms with Crippen LogP contribution in [0, 0.1) is 6.92 Å². The van der Waals surface area contributed by atoms with Gasteiger partial charge in [0.25, 0.3) is 0 Å². The van der Waals surface area contributed by atoms with E-state index in [1.54, 1.807) is 0 Å². The number of fused-ring (bicyclic) bond motifs is 3. The Bertz CT molecular complexity index is 695. The third-order valence-electron chi connectivity index (χ3n) is 4.45. The third kappa shape index (κ3) is 5.86. The Morgan fingerprint density at radius 1 is 1.24 bits per heavy atom. The van der Waals surface area contributed by atoms with Gasteiger partial charge in [0.15, 0.2) is 0 Å². The molecule has 0 radical (unpaired) electrons. The molecule has 0 saturated carbocycles. The monoisotopic (exact) mass is 341 g/mol. The van der Waals surface area contributed by atoms with Gasteiger partial charge in [0, 0.05) is 49.7 Å². The molecule has 0 aliphatic carbocycles. The molecule has 0 bridgehead atoms. The Labute approximate surface area is 154 Å². The van der Waals surface area contributed by atoms with Crippen LogP contribution in [0.5, 0.6) is 0 Å². The van der Waals surface area contributed by atoms with Crippen LogP contribution in [0.15, 0.2) is 35.3 Å². The van der Waals surface area contributed by atoms with E-state index in [1.165, 1.54) is 40.7 Å². The van der Waals surface area contributed by atoms with Crippen LogP contribution in [0.1, 0.15) is 44.0 Å². The van der Waals surface area contributed by atoms with Gasteiger partial charge < -0.3 is 14.5 Å². The minimum atomic E-state index is 0.833. The second-order valence-electron chi connectivity index (χ2n) is 6.51. The van der Waals surface area contributed by atoms with Gasteiger partial charge in [0.2, 0.25) is 0 Å². The van der Waals surface area contributed by atoms with E-state index < -0.39 is 0 Å². The molecule has 3 heteroatoms. The Hall–Kier alpha value is -1.87. The molecule has 0 fully saturated rings. The predicted octanol–water partition coefficient (Wildman–Crippen LogP) is 5.15. The van der Waals surface area contributed by atoms with Gasteiger partial charge in [-0.25, -0.2) is 0 Å². The molecule has 2 heterocycles. The fraction of sp³-hybridized carbons (Fsp3) is 0.500. The zero-order valence-electron chi connectivity index (χ0n) is 17.0. The van der Waals surface area contributed by atoms with Gasteiger partial charge in [-0.15, -0.1) is 0 Å². The number of aliphatic imine (C=N–C) groups is 1. The molecule has 0 saturated heterocycles. The predicted molar refractivity (Wildman–Crippen MR) is 113 cm³/mol. The van der Waals surface area contributed by atoms with Crippen LogP contribution in [0.4, 0.5) is 0 Å². The molecular weight excluding hydrogens is 306 g/mol. The van der Waals surface area contributed by atoms with Gasteiger partial charge in [-0.1, -0.05) is 30.7 Å². The number of hydrogen-bond donors (Lipinski definition) is 0. The summed E-state index contributed by atoms with van der Waals surface area (Å²) in [6.07, 6.45) is 6.52. The number of likely N-dealkylation sites (N-methyl/N-ethyl adjacent to an activating group) is 1. The highest BCUT2D eigenvalue weighted by Gasteiger charge is 2.20. The maximum absolute atomic E-state index is 3.49. The van der Waals surface area contributed by atoms with Crippen LogP contribution in [-0.4, -0.2) is 36.3 Å². The number of hydrogen-bond acceptors (Lipinski definition) is 2. The van der Waals surface area contributed by atoms with Crippen molar-refractivity contribution in [1.29, 1.82) is 0 Å². The minimum absolute atomic E-state index is 0.833. The average Bonchev–Trinajstić information content (AvgIpc) is 2.88. The van der Waals surface area contributed by atoms with Crippen LogP contribution in [-0.2, 0) is 20.0 Å². The van der Waals surface area contributed by atoms with Crippen molar-refractivity contribution in [2.45, 2.75) is 47.1 Å². The quantitative estimate of drug-likeness (QED) is 0.546. The van der Waals surface area contributed by atoms with Crippen LogP contribution < -0.4 is 0 Å². The first-order chi connectivity index (χ1) is 12.0. The average molecular weight is 342 g/mol. The molecule has 0 amide bonds. The lowest BCUT2D eigenvalue weighted by Gasteiger charge is -2.23. The summed E-state index contributed by atoms with van der Waals surface area (Å²) in [5.41, 5.74) is 5.80. The summed E-state index contributed by atoms with van der Waals surface area (Å²) in [5.74, 6) is 0. The number of aryl methyl sites for hydroxylation is 2. The normalized spacial score (nSPS) is 13.7. The Morgan fingerprint density at radius 3 is 2.44 bits per heavy atom. The van der Waals surface area contributed by atoms with Crippen LogP contribution in [0.25, 0.3) is 10.9 Å². The smallest absolute Gasteiger partial charge is 0.0483 e. The van der Waals surface area contributed by atoms with Gasteiger partial charge in [0.05, 0.1) is 0 Å². The van der Waals surface area contributed by atoms with Crippen molar-refractivity contribution < 1.29 is 0 Å². The van der Waals surface area contributed by atoms with E-state index in [9.17, 15) is 0 Å². The highest BCUT2D eigenvalue weighted by molar-refractivity contribution is 5.86. The second-order valence-corrected chi connectivity index (χ2v) is 6.51. The maximum Gasteiger partial charge on any atom is 0.0483 e. The third-order valence-corrected chi connectivity index (χ3v) is 4.45. The van der Waals surface area contributed by atoms with Gasteiger partial charge >= 0.3 is 0 Å². The van der Waals surface area contributed by atoms with E-state index in [-0.39, 0.29) is 0 Å². The molecule has 0 atom stereocenters. The molecule has 0 unspecified atom stereocenters. The number of allylic oxidation sites excluding steroid dienone is 2. The molecule has 1 aromatic carbocycles. The molecule has 0 N–H and O–H groups in total. The number of aromatic nitrogens is 1. The first-order valence-corrected chi connectivity index (χ1v) is 9.28. The van der Waals surface area contributed by atoms with Crippen molar-refractivity contribution in [2.24, 2.45) is 12.0 Å². The Morgan fingerprint density at radius 2 is 1.92 bits per heavy atom. The first-order valence-electron chi connectivity index (χ1n) is 9.28. The van der Waals surface area contributed by atoms with Crippen LogP contribution >= 0.6 is 0 Å². The second kappa shape index (κ2) is 10.9. The zero-order valence-corrected chi connectivity index (χ0v) is 17.0. The standard InChI is InChI=1S/C14H18N2.C5H10.C3H7N/c1-10-4-5-13-11(8-10)12-9-15(2)7-6-14(12)16(13)3;1-3-5-4-2;1-3-4-2/h4-5,8H,6-7,9H2,1-3H3;3,5H,4H2,1-2H3;2-3H2,1H3/b;5-3-;. The number of benzene rings is 1. The van der Waals surface area contributed by atoms with Gasteiger partial charge in [-0.05, 0) is 58.7 Å². The van der Waals surface area contributed by atoms with Crippen molar-refractivity contribution >= 4 is 17.6 Å². The summed E-state index contributed by atoms with van der Waals surface area (Å²) in [6, 6.07) is 6.79. The summed E-state index contributed by atoms with van der Waals surface area (Å²) in [6.45, 7) is 14.6. The molecule has 0 spiro atoms. The summed E-state index contributed by atoms with van der Waals surface area (Å²) in [5, 5.41) is 1.45. The molecule has 3 nitrogen and oxygen atoms in total. The molecule has 25 heavy (non-hydrogen) atoms. The van der Waals surface area contributed by atoms with Crippen molar-refractivity contribution in [2.75, 3.05) is 20.1 Å². The largest absolute Gasteiger partial charge is 0.347 e. The summed E-state index contributed by atoms with van der Waals surface area (Å²) in [7, 11) is 4.40. The lowest BCUT2D eigenvalue weighted by atomic mass is 10.0. The lowest BCUT2D eigenvalue weighted by molar-refractivity contribution is 0.310. The van der Waals surface area contributed by atoms with Crippen molar-refractivity contribution in [3.8, 4) is 0 Å². The van der Waals surface area contributed by atoms with Crippen molar-refractivity contribution in [3.05, 3.63) is 47.2 Å².